The second-order valence-corrected chi connectivity index (χ2v) is 7.61. The van der Waals surface area contributed by atoms with Crippen LogP contribution in [0.15, 0.2) is 47.4 Å². The molecule has 2 aromatic heterocycles. The van der Waals surface area contributed by atoms with Gasteiger partial charge in [-0.1, -0.05) is 12.2 Å². The summed E-state index contributed by atoms with van der Waals surface area (Å²) >= 11 is 0. The van der Waals surface area contributed by atoms with Crippen molar-refractivity contribution >= 4 is 15.6 Å². The van der Waals surface area contributed by atoms with Crippen LogP contribution in [-0.4, -0.2) is 36.7 Å². The molecule has 144 valence electrons. The summed E-state index contributed by atoms with van der Waals surface area (Å²) in [5.41, 5.74) is 0.380. The topological polar surface area (TPSA) is 90.7 Å². The van der Waals surface area contributed by atoms with Crippen LogP contribution in [0.5, 0.6) is 11.6 Å². The van der Waals surface area contributed by atoms with E-state index in [0.717, 1.165) is 10.2 Å². The van der Waals surface area contributed by atoms with Gasteiger partial charge in [0.15, 0.2) is 5.75 Å². The van der Waals surface area contributed by atoms with Gasteiger partial charge in [0.05, 0.1) is 27.0 Å². The lowest BCUT2D eigenvalue weighted by Crippen LogP contribution is -2.15. The quantitative estimate of drug-likeness (QED) is 0.810. The predicted octanol–water partition coefficient (Wildman–Crippen LogP) is 2.66. The number of ether oxygens (including phenoxy) is 2. The van der Waals surface area contributed by atoms with Crippen LogP contribution in [0.4, 0.5) is 4.39 Å². The highest BCUT2D eigenvalue weighted by Gasteiger charge is 2.29. The molecule has 0 spiro atoms. The Morgan fingerprint density at radius 3 is 2.63 bits per heavy atom. The van der Waals surface area contributed by atoms with Crippen LogP contribution in [0.25, 0.3) is 5.57 Å². The third-order valence-electron chi connectivity index (χ3n) is 4.21. The average molecular weight is 394 g/mol. The van der Waals surface area contributed by atoms with E-state index in [0.29, 0.717) is 6.42 Å². The highest BCUT2D eigenvalue weighted by atomic mass is 32.2. The van der Waals surface area contributed by atoms with Gasteiger partial charge in [0.25, 0.3) is 10.0 Å². The van der Waals surface area contributed by atoms with E-state index in [9.17, 15) is 17.9 Å². The van der Waals surface area contributed by atoms with Crippen molar-refractivity contribution in [2.75, 3.05) is 14.2 Å². The third-order valence-corrected chi connectivity index (χ3v) is 5.86. The minimum absolute atomic E-state index is 0.0332. The molecule has 0 atom stereocenters. The number of halogens is 1. The zero-order valence-corrected chi connectivity index (χ0v) is 15.7. The van der Waals surface area contributed by atoms with Gasteiger partial charge < -0.3 is 14.6 Å². The molecule has 0 unspecified atom stereocenters. The summed E-state index contributed by atoms with van der Waals surface area (Å²) in [4.78, 5) is 3.82. The number of hydrogen-bond acceptors (Lipinski definition) is 6. The third kappa shape index (κ3) is 3.35. The first-order valence-corrected chi connectivity index (χ1v) is 9.58. The maximum atomic E-state index is 14.5. The number of pyridine rings is 1. The Bertz CT molecular complexity index is 1010. The minimum Gasteiger partial charge on any atom is -0.494 e. The van der Waals surface area contributed by atoms with Crippen LogP contribution in [0.3, 0.4) is 0 Å². The molecule has 0 bridgehead atoms. The Morgan fingerprint density at radius 1 is 1.30 bits per heavy atom. The van der Waals surface area contributed by atoms with E-state index >= 15 is 0 Å². The summed E-state index contributed by atoms with van der Waals surface area (Å²) in [5.74, 6) is -0.0683. The zero-order chi connectivity index (χ0) is 19.6. The van der Waals surface area contributed by atoms with E-state index < -0.39 is 22.5 Å². The monoisotopic (exact) mass is 394 g/mol. The molecule has 0 aromatic carbocycles. The van der Waals surface area contributed by atoms with Crippen LogP contribution in [0.1, 0.15) is 24.1 Å². The van der Waals surface area contributed by atoms with Crippen LogP contribution in [-0.2, 0) is 16.6 Å². The van der Waals surface area contributed by atoms with Crippen molar-refractivity contribution in [2.24, 2.45) is 0 Å². The van der Waals surface area contributed by atoms with E-state index in [1.165, 1.54) is 38.6 Å². The molecule has 1 aliphatic carbocycles. The van der Waals surface area contributed by atoms with Crippen molar-refractivity contribution in [2.45, 2.75) is 24.3 Å². The lowest BCUT2D eigenvalue weighted by atomic mass is 10.0. The first-order valence-electron chi connectivity index (χ1n) is 8.14. The van der Waals surface area contributed by atoms with Crippen molar-refractivity contribution in [1.29, 1.82) is 0 Å². The molecule has 1 N–H and O–H groups in total. The SMILES string of the molecule is COc1ccc(S(=O)(=O)n2cc(CO)c(OC)c2C2=C(F)CCC=C2)cn1. The second kappa shape index (κ2) is 7.53. The highest BCUT2D eigenvalue weighted by molar-refractivity contribution is 7.90. The van der Waals surface area contributed by atoms with Gasteiger partial charge in [-0.3, -0.25) is 0 Å². The molecule has 0 radical (unpaired) electrons. The van der Waals surface area contributed by atoms with Gasteiger partial charge in [0, 0.05) is 29.8 Å². The summed E-state index contributed by atoms with van der Waals surface area (Å²) in [6, 6.07) is 2.76. The lowest BCUT2D eigenvalue weighted by molar-refractivity contribution is 0.274. The number of methoxy groups -OCH3 is 2. The molecule has 7 nitrogen and oxygen atoms in total. The van der Waals surface area contributed by atoms with E-state index in [1.54, 1.807) is 6.08 Å². The molecule has 0 fully saturated rings. The van der Waals surface area contributed by atoms with E-state index in [1.807, 2.05) is 0 Å². The maximum absolute atomic E-state index is 14.5. The summed E-state index contributed by atoms with van der Waals surface area (Å²) < 4.78 is 52.0. The molecule has 3 rings (SSSR count). The Labute approximate surface area is 156 Å². The standard InChI is InChI=1S/C18H19FN2O5S/c1-25-16-8-7-13(9-20-16)27(23,24)21-10-12(11-22)18(26-2)17(21)14-5-3-4-6-15(14)19/h3,5,7-10,22H,4,6,11H2,1-2H3. The van der Waals surface area contributed by atoms with Crippen molar-refractivity contribution in [3.8, 4) is 11.6 Å². The molecule has 1 aliphatic rings. The van der Waals surface area contributed by atoms with Gasteiger partial charge in [-0.25, -0.2) is 21.8 Å². The number of rotatable bonds is 6. The number of hydrogen-bond donors (Lipinski definition) is 1. The molecular formula is C18H19FN2O5S. The number of nitrogens with zero attached hydrogens (tertiary/aromatic N) is 2. The van der Waals surface area contributed by atoms with Crippen molar-refractivity contribution < 1.29 is 27.4 Å². The molecular weight excluding hydrogens is 375 g/mol. The first kappa shape index (κ1) is 19.1. The largest absolute Gasteiger partial charge is 0.494 e. The second-order valence-electron chi connectivity index (χ2n) is 5.79. The number of aromatic nitrogens is 2. The zero-order valence-electron chi connectivity index (χ0n) is 14.8. The Kier molecular flexibility index (Phi) is 5.33. The molecule has 0 amide bonds. The minimum atomic E-state index is -4.12. The van der Waals surface area contributed by atoms with Gasteiger partial charge >= 0.3 is 0 Å². The van der Waals surface area contributed by atoms with Crippen molar-refractivity contribution in [3.63, 3.8) is 0 Å². The Morgan fingerprint density at radius 2 is 2.07 bits per heavy atom. The number of allylic oxidation sites excluding steroid dienone is 4. The van der Waals surface area contributed by atoms with Crippen LogP contribution in [0.2, 0.25) is 0 Å². The predicted molar refractivity (Wildman–Crippen MR) is 96.7 cm³/mol. The molecule has 9 heteroatoms. The van der Waals surface area contributed by atoms with Gasteiger partial charge in [0.1, 0.15) is 16.4 Å². The number of aliphatic hydroxyl groups is 1. The molecule has 27 heavy (non-hydrogen) atoms. The van der Waals surface area contributed by atoms with E-state index in [2.05, 4.69) is 4.98 Å². The van der Waals surface area contributed by atoms with Crippen LogP contribution >= 0.6 is 0 Å². The first-order chi connectivity index (χ1) is 12.9. The molecule has 2 aromatic rings. The Hall–Kier alpha value is -2.65. The fraction of sp³-hybridized carbons (Fsp3) is 0.278. The maximum Gasteiger partial charge on any atom is 0.269 e. The Balaban J connectivity index is 2.25. The molecule has 2 heterocycles. The van der Waals surface area contributed by atoms with Gasteiger partial charge in [-0.05, 0) is 12.5 Å². The molecule has 0 aliphatic heterocycles. The van der Waals surface area contributed by atoms with Gasteiger partial charge in [-0.15, -0.1) is 0 Å². The van der Waals surface area contributed by atoms with Crippen molar-refractivity contribution in [3.05, 3.63) is 53.8 Å². The molecule has 0 saturated heterocycles. The fourth-order valence-corrected chi connectivity index (χ4v) is 4.23. The number of aliphatic hydroxyl groups excluding tert-OH is 1. The van der Waals surface area contributed by atoms with Crippen LogP contribution in [0, 0.1) is 0 Å². The molecule has 0 saturated carbocycles. The normalized spacial score (nSPS) is 14.5. The summed E-state index contributed by atoms with van der Waals surface area (Å²) in [5, 5.41) is 9.61. The smallest absolute Gasteiger partial charge is 0.269 e. The highest BCUT2D eigenvalue weighted by Crippen LogP contribution is 2.39. The summed E-state index contributed by atoms with van der Waals surface area (Å²) in [7, 11) is -1.35. The van der Waals surface area contributed by atoms with Gasteiger partial charge in [-0.2, -0.15) is 0 Å². The summed E-state index contributed by atoms with van der Waals surface area (Å²) in [6.45, 7) is -0.460. The van der Waals surface area contributed by atoms with Gasteiger partial charge in [0.2, 0.25) is 5.88 Å². The van der Waals surface area contributed by atoms with Crippen molar-refractivity contribution in [1.82, 2.24) is 8.96 Å². The van der Waals surface area contributed by atoms with E-state index in [-0.39, 0.29) is 39.8 Å². The van der Waals surface area contributed by atoms with E-state index in [4.69, 9.17) is 9.47 Å². The average Bonchev–Trinajstić information content (AvgIpc) is 3.07. The lowest BCUT2D eigenvalue weighted by Gasteiger charge is -2.15. The fourth-order valence-electron chi connectivity index (χ4n) is 2.89. The van der Waals surface area contributed by atoms with Crippen LogP contribution < -0.4 is 9.47 Å². The summed E-state index contributed by atoms with van der Waals surface area (Å²) in [6.07, 6.45) is 6.37.